The zero-order valence-corrected chi connectivity index (χ0v) is 10.1. The van der Waals surface area contributed by atoms with Gasteiger partial charge < -0.3 is 11.1 Å². The largest absolute Gasteiger partial charge is 0.380 e. The van der Waals surface area contributed by atoms with E-state index in [9.17, 15) is 13.2 Å². The Kier molecular flexibility index (Phi) is 4.11. The summed E-state index contributed by atoms with van der Waals surface area (Å²) < 4.78 is 39.5. The van der Waals surface area contributed by atoms with Crippen molar-refractivity contribution < 1.29 is 13.2 Å². The lowest BCUT2D eigenvalue weighted by molar-refractivity contribution is 0.331. The number of anilines is 1. The fourth-order valence-electron chi connectivity index (χ4n) is 2.52. The Morgan fingerprint density at radius 1 is 1.11 bits per heavy atom. The summed E-state index contributed by atoms with van der Waals surface area (Å²) in [5, 5.41) is 2.96. The summed E-state index contributed by atoms with van der Waals surface area (Å²) in [6.07, 6.45) is 4.01. The summed E-state index contributed by atoms with van der Waals surface area (Å²) in [6.45, 7) is 0.517. The van der Waals surface area contributed by atoms with E-state index in [4.69, 9.17) is 5.73 Å². The number of nitrogens with one attached hydrogen (secondary N) is 1. The zero-order valence-electron chi connectivity index (χ0n) is 10.1. The summed E-state index contributed by atoms with van der Waals surface area (Å²) in [7, 11) is 0. The summed E-state index contributed by atoms with van der Waals surface area (Å²) in [6, 6.07) is 2.19. The Hall–Kier alpha value is -1.23. The topological polar surface area (TPSA) is 38.0 Å². The molecule has 2 rings (SSSR count). The maximum absolute atomic E-state index is 13.5. The van der Waals surface area contributed by atoms with Crippen LogP contribution < -0.4 is 11.1 Å². The average molecular weight is 258 g/mol. The van der Waals surface area contributed by atoms with Gasteiger partial charge in [-0.3, -0.25) is 0 Å². The number of hydrogen-bond acceptors (Lipinski definition) is 2. The van der Waals surface area contributed by atoms with Gasteiger partial charge in [0.05, 0.1) is 5.69 Å². The molecule has 2 unspecified atom stereocenters. The standard InChI is InChI=1S/C13H17F3N2/c14-9-5-6-11(13(16)12(9)15)18-10-4-2-1-3-8(10)7-17/h5-6,8,10,18H,1-4,7,17H2. The Labute approximate surface area is 104 Å². The third kappa shape index (κ3) is 2.61. The van der Waals surface area contributed by atoms with Crippen molar-refractivity contribution in [3.8, 4) is 0 Å². The number of nitrogens with two attached hydrogens (primary N) is 1. The van der Waals surface area contributed by atoms with Gasteiger partial charge in [-0.25, -0.2) is 13.2 Å². The predicted octanol–water partition coefficient (Wildman–Crippen LogP) is 3.03. The van der Waals surface area contributed by atoms with Crippen molar-refractivity contribution in [2.75, 3.05) is 11.9 Å². The van der Waals surface area contributed by atoms with Crippen LogP contribution in [0.5, 0.6) is 0 Å². The molecule has 0 saturated heterocycles. The van der Waals surface area contributed by atoms with Crippen molar-refractivity contribution in [3.63, 3.8) is 0 Å². The minimum Gasteiger partial charge on any atom is -0.380 e. The van der Waals surface area contributed by atoms with Crippen molar-refractivity contribution in [1.82, 2.24) is 0 Å². The first-order valence-electron chi connectivity index (χ1n) is 6.23. The molecule has 2 nitrogen and oxygen atoms in total. The lowest BCUT2D eigenvalue weighted by Crippen LogP contribution is -2.37. The Morgan fingerprint density at radius 3 is 2.56 bits per heavy atom. The number of benzene rings is 1. The van der Waals surface area contributed by atoms with Crippen LogP contribution in [0.15, 0.2) is 12.1 Å². The van der Waals surface area contributed by atoms with Gasteiger partial charge in [-0.1, -0.05) is 12.8 Å². The molecule has 2 atom stereocenters. The van der Waals surface area contributed by atoms with E-state index in [1.807, 2.05) is 0 Å². The minimum atomic E-state index is -1.43. The Morgan fingerprint density at radius 2 is 1.83 bits per heavy atom. The van der Waals surface area contributed by atoms with Crippen LogP contribution in [0.1, 0.15) is 25.7 Å². The van der Waals surface area contributed by atoms with Gasteiger partial charge >= 0.3 is 0 Å². The van der Waals surface area contributed by atoms with E-state index in [0.717, 1.165) is 31.7 Å². The van der Waals surface area contributed by atoms with Crippen molar-refractivity contribution >= 4 is 5.69 Å². The smallest absolute Gasteiger partial charge is 0.196 e. The van der Waals surface area contributed by atoms with E-state index in [1.165, 1.54) is 6.07 Å². The van der Waals surface area contributed by atoms with Crippen molar-refractivity contribution in [2.24, 2.45) is 11.7 Å². The first kappa shape index (κ1) is 13.2. The quantitative estimate of drug-likeness (QED) is 0.818. The molecular weight excluding hydrogens is 241 g/mol. The predicted molar refractivity (Wildman–Crippen MR) is 64.7 cm³/mol. The highest BCUT2D eigenvalue weighted by Gasteiger charge is 2.25. The van der Waals surface area contributed by atoms with Crippen LogP contribution in [-0.4, -0.2) is 12.6 Å². The van der Waals surface area contributed by atoms with Gasteiger partial charge in [-0.2, -0.15) is 0 Å². The van der Waals surface area contributed by atoms with E-state index in [2.05, 4.69) is 5.32 Å². The molecule has 1 aromatic rings. The minimum absolute atomic E-state index is 0.0132. The Balaban J connectivity index is 2.15. The second-order valence-electron chi connectivity index (χ2n) is 4.75. The fourth-order valence-corrected chi connectivity index (χ4v) is 2.52. The van der Waals surface area contributed by atoms with Crippen LogP contribution in [0.2, 0.25) is 0 Å². The molecule has 0 aromatic heterocycles. The molecule has 0 bridgehead atoms. The number of hydrogen-bond donors (Lipinski definition) is 2. The van der Waals surface area contributed by atoms with Gasteiger partial charge in [0.25, 0.3) is 0 Å². The van der Waals surface area contributed by atoms with Gasteiger partial charge in [0.2, 0.25) is 0 Å². The summed E-state index contributed by atoms with van der Waals surface area (Å²) in [5.74, 6) is -3.50. The number of halogens is 3. The third-order valence-electron chi connectivity index (χ3n) is 3.59. The number of rotatable bonds is 3. The second kappa shape index (κ2) is 5.61. The van der Waals surface area contributed by atoms with E-state index in [1.54, 1.807) is 0 Å². The highest BCUT2D eigenvalue weighted by molar-refractivity contribution is 5.46. The van der Waals surface area contributed by atoms with Gasteiger partial charge in [-0.05, 0) is 37.4 Å². The molecule has 100 valence electrons. The van der Waals surface area contributed by atoms with Crippen molar-refractivity contribution in [2.45, 2.75) is 31.7 Å². The molecule has 0 heterocycles. The molecule has 1 fully saturated rings. The molecule has 1 aliphatic rings. The first-order valence-corrected chi connectivity index (χ1v) is 6.23. The van der Waals surface area contributed by atoms with E-state index >= 15 is 0 Å². The lowest BCUT2D eigenvalue weighted by atomic mass is 9.84. The maximum Gasteiger partial charge on any atom is 0.196 e. The van der Waals surface area contributed by atoms with Gasteiger partial charge in [0.15, 0.2) is 17.5 Å². The van der Waals surface area contributed by atoms with E-state index in [0.29, 0.717) is 6.54 Å². The summed E-state index contributed by atoms with van der Waals surface area (Å²) in [5.41, 5.74) is 5.68. The molecule has 0 radical (unpaired) electrons. The van der Waals surface area contributed by atoms with Crippen LogP contribution in [0, 0.1) is 23.4 Å². The van der Waals surface area contributed by atoms with Gasteiger partial charge in [-0.15, -0.1) is 0 Å². The normalized spacial score (nSPS) is 24.0. The summed E-state index contributed by atoms with van der Waals surface area (Å²) in [4.78, 5) is 0. The first-order chi connectivity index (χ1) is 8.63. The van der Waals surface area contributed by atoms with Crippen molar-refractivity contribution in [3.05, 3.63) is 29.6 Å². The second-order valence-corrected chi connectivity index (χ2v) is 4.75. The third-order valence-corrected chi connectivity index (χ3v) is 3.59. The molecular formula is C13H17F3N2. The molecule has 1 aliphatic carbocycles. The highest BCUT2D eigenvalue weighted by Crippen LogP contribution is 2.28. The van der Waals surface area contributed by atoms with Crippen LogP contribution >= 0.6 is 0 Å². The monoisotopic (exact) mass is 258 g/mol. The fraction of sp³-hybridized carbons (Fsp3) is 0.538. The SMILES string of the molecule is NCC1CCCCC1Nc1ccc(F)c(F)c1F. The molecule has 1 aromatic carbocycles. The van der Waals surface area contributed by atoms with E-state index < -0.39 is 17.5 Å². The average Bonchev–Trinajstić information content (AvgIpc) is 2.40. The van der Waals surface area contributed by atoms with Gasteiger partial charge in [0, 0.05) is 6.04 Å². The lowest BCUT2D eigenvalue weighted by Gasteiger charge is -2.32. The van der Waals surface area contributed by atoms with E-state index in [-0.39, 0.29) is 17.6 Å². The van der Waals surface area contributed by atoms with Crippen LogP contribution in [0.4, 0.5) is 18.9 Å². The Bertz CT molecular complexity index is 423. The molecule has 0 aliphatic heterocycles. The molecule has 0 amide bonds. The van der Waals surface area contributed by atoms with Gasteiger partial charge in [0.1, 0.15) is 0 Å². The molecule has 18 heavy (non-hydrogen) atoms. The summed E-state index contributed by atoms with van der Waals surface area (Å²) >= 11 is 0. The maximum atomic E-state index is 13.5. The molecule has 3 N–H and O–H groups in total. The molecule has 5 heteroatoms. The van der Waals surface area contributed by atoms with Crippen LogP contribution in [0.3, 0.4) is 0 Å². The van der Waals surface area contributed by atoms with Crippen LogP contribution in [0.25, 0.3) is 0 Å². The van der Waals surface area contributed by atoms with Crippen LogP contribution in [-0.2, 0) is 0 Å². The molecule has 0 spiro atoms. The van der Waals surface area contributed by atoms with Crippen molar-refractivity contribution in [1.29, 1.82) is 0 Å². The zero-order chi connectivity index (χ0) is 13.1. The molecule has 1 saturated carbocycles. The highest BCUT2D eigenvalue weighted by atomic mass is 19.2.